The van der Waals surface area contributed by atoms with Gasteiger partial charge in [0.05, 0.1) is 11.6 Å². The molecule has 7 heteroatoms. The highest BCUT2D eigenvalue weighted by atomic mass is 35.5. The minimum Gasteiger partial charge on any atom is -0.507 e. The van der Waals surface area contributed by atoms with Crippen molar-refractivity contribution in [3.8, 4) is 0 Å². The minimum absolute atomic E-state index is 0.0750. The Hall–Kier alpha value is -3.15. The molecule has 1 N–H and O–H groups in total. The molecule has 3 aromatic carbocycles. The van der Waals surface area contributed by atoms with E-state index in [1.807, 2.05) is 0 Å². The van der Waals surface area contributed by atoms with Crippen LogP contribution in [0.5, 0.6) is 0 Å². The third-order valence-electron chi connectivity index (χ3n) is 4.85. The van der Waals surface area contributed by atoms with Crippen molar-refractivity contribution in [2.75, 3.05) is 4.90 Å². The number of rotatable bonds is 3. The Kier molecular flexibility index (Phi) is 5.33. The van der Waals surface area contributed by atoms with Crippen molar-refractivity contribution in [2.45, 2.75) is 6.04 Å². The first-order valence-corrected chi connectivity index (χ1v) is 9.70. The van der Waals surface area contributed by atoms with Crippen LogP contribution in [-0.4, -0.2) is 16.8 Å². The van der Waals surface area contributed by atoms with Crippen LogP contribution in [0.25, 0.3) is 5.76 Å². The lowest BCUT2D eigenvalue weighted by Crippen LogP contribution is -2.29. The van der Waals surface area contributed by atoms with Gasteiger partial charge in [-0.3, -0.25) is 14.5 Å². The number of ketones is 1. The zero-order chi connectivity index (χ0) is 21.4. The molecule has 0 spiro atoms. The topological polar surface area (TPSA) is 57.6 Å². The van der Waals surface area contributed by atoms with E-state index < -0.39 is 23.5 Å². The Morgan fingerprint density at radius 2 is 1.37 bits per heavy atom. The number of amides is 1. The summed E-state index contributed by atoms with van der Waals surface area (Å²) in [4.78, 5) is 27.1. The third kappa shape index (κ3) is 3.58. The SMILES string of the molecule is O=C1C(=O)N(c2ccc(F)cc2)[C@@H](c2ccc(Cl)cc2)C1=C(O)c1ccc(Cl)cc1. The first-order valence-electron chi connectivity index (χ1n) is 8.95. The predicted molar refractivity (Wildman–Crippen MR) is 114 cm³/mol. The standard InChI is InChI=1S/C23H14Cl2FNO3/c24-15-5-1-13(2-6-15)20-19(21(28)14-3-7-16(25)8-4-14)22(29)23(30)27(20)18-11-9-17(26)10-12-18/h1-12,20,28H/t20-/m0/s1. The van der Waals surface area contributed by atoms with Gasteiger partial charge in [-0.2, -0.15) is 0 Å². The third-order valence-corrected chi connectivity index (χ3v) is 5.36. The van der Waals surface area contributed by atoms with Crippen LogP contribution in [0.4, 0.5) is 10.1 Å². The van der Waals surface area contributed by atoms with Crippen molar-refractivity contribution in [3.63, 3.8) is 0 Å². The highest BCUT2D eigenvalue weighted by Crippen LogP contribution is 2.42. The first-order chi connectivity index (χ1) is 14.4. The van der Waals surface area contributed by atoms with Gasteiger partial charge in [0.2, 0.25) is 0 Å². The summed E-state index contributed by atoms with van der Waals surface area (Å²) in [6.07, 6.45) is 0. The molecule has 4 nitrogen and oxygen atoms in total. The number of Topliss-reactive ketones (excluding diaryl/α,β-unsaturated/α-hetero) is 1. The number of benzene rings is 3. The number of hydrogen-bond acceptors (Lipinski definition) is 3. The maximum Gasteiger partial charge on any atom is 0.300 e. The van der Waals surface area contributed by atoms with E-state index in [0.717, 1.165) is 0 Å². The lowest BCUT2D eigenvalue weighted by Gasteiger charge is -2.25. The molecular formula is C23H14Cl2FNO3. The average molecular weight is 442 g/mol. The zero-order valence-corrected chi connectivity index (χ0v) is 16.9. The fraction of sp³-hybridized carbons (Fsp3) is 0.0435. The van der Waals surface area contributed by atoms with Gasteiger partial charge < -0.3 is 5.11 Å². The van der Waals surface area contributed by atoms with Gasteiger partial charge in [0, 0.05) is 21.3 Å². The molecule has 0 radical (unpaired) electrons. The van der Waals surface area contributed by atoms with Crippen LogP contribution in [0.1, 0.15) is 17.2 Å². The molecule has 1 fully saturated rings. The van der Waals surface area contributed by atoms with Gasteiger partial charge in [-0.25, -0.2) is 4.39 Å². The molecule has 3 aromatic rings. The maximum atomic E-state index is 13.4. The number of halogens is 3. The van der Waals surface area contributed by atoms with Crippen LogP contribution in [0.15, 0.2) is 78.4 Å². The number of aliphatic hydroxyl groups is 1. The van der Waals surface area contributed by atoms with E-state index in [0.29, 0.717) is 26.9 Å². The first kappa shape index (κ1) is 20.1. The van der Waals surface area contributed by atoms with Crippen molar-refractivity contribution in [2.24, 2.45) is 0 Å². The van der Waals surface area contributed by atoms with Gasteiger partial charge in [0.25, 0.3) is 11.7 Å². The van der Waals surface area contributed by atoms with Crippen LogP contribution in [-0.2, 0) is 9.59 Å². The molecule has 4 rings (SSSR count). The van der Waals surface area contributed by atoms with Crippen molar-refractivity contribution in [3.05, 3.63) is 105 Å². The normalized spacial score (nSPS) is 18.1. The van der Waals surface area contributed by atoms with Crippen molar-refractivity contribution < 1.29 is 19.1 Å². The van der Waals surface area contributed by atoms with Crippen molar-refractivity contribution in [1.29, 1.82) is 0 Å². The van der Waals surface area contributed by atoms with E-state index >= 15 is 0 Å². The van der Waals surface area contributed by atoms with E-state index in [4.69, 9.17) is 23.2 Å². The number of hydrogen-bond donors (Lipinski definition) is 1. The monoisotopic (exact) mass is 441 g/mol. The molecule has 1 atom stereocenters. The van der Waals surface area contributed by atoms with Crippen LogP contribution in [0.2, 0.25) is 10.0 Å². The summed E-state index contributed by atoms with van der Waals surface area (Å²) < 4.78 is 13.4. The van der Waals surface area contributed by atoms with Gasteiger partial charge in [-0.15, -0.1) is 0 Å². The highest BCUT2D eigenvalue weighted by Gasteiger charge is 2.46. The summed E-state index contributed by atoms with van der Waals surface area (Å²) in [5.74, 6) is -2.46. The summed E-state index contributed by atoms with van der Waals surface area (Å²) >= 11 is 11.9. The maximum absolute atomic E-state index is 13.4. The molecule has 1 heterocycles. The quantitative estimate of drug-likeness (QED) is 0.319. The zero-order valence-electron chi connectivity index (χ0n) is 15.4. The summed E-state index contributed by atoms with van der Waals surface area (Å²) in [6.45, 7) is 0. The second-order valence-electron chi connectivity index (χ2n) is 6.70. The summed E-state index contributed by atoms with van der Waals surface area (Å²) in [5, 5.41) is 11.9. The lowest BCUT2D eigenvalue weighted by atomic mass is 9.95. The fourth-order valence-corrected chi connectivity index (χ4v) is 3.68. The second kappa shape index (κ2) is 7.94. The lowest BCUT2D eigenvalue weighted by molar-refractivity contribution is -0.132. The molecule has 0 unspecified atom stereocenters. The molecule has 1 amide bonds. The van der Waals surface area contributed by atoms with Crippen LogP contribution in [0.3, 0.4) is 0 Å². The van der Waals surface area contributed by atoms with Gasteiger partial charge in [0.1, 0.15) is 11.6 Å². The molecule has 150 valence electrons. The number of carbonyl (C=O) groups is 2. The second-order valence-corrected chi connectivity index (χ2v) is 7.58. The number of carbonyl (C=O) groups excluding carboxylic acids is 2. The van der Waals surface area contributed by atoms with Gasteiger partial charge in [-0.1, -0.05) is 35.3 Å². The van der Waals surface area contributed by atoms with Gasteiger partial charge in [0.15, 0.2) is 0 Å². The Labute approximate surface area is 181 Å². The summed E-state index contributed by atoms with van der Waals surface area (Å²) in [5.41, 5.74) is 1.16. The molecule has 0 aliphatic carbocycles. The molecule has 0 aromatic heterocycles. The number of anilines is 1. The molecule has 0 bridgehead atoms. The van der Waals surface area contributed by atoms with E-state index in [1.54, 1.807) is 48.5 Å². The van der Waals surface area contributed by atoms with Crippen LogP contribution < -0.4 is 4.90 Å². The molecule has 1 aliphatic heterocycles. The Morgan fingerprint density at radius 3 is 1.93 bits per heavy atom. The average Bonchev–Trinajstić information content (AvgIpc) is 3.00. The molecule has 1 aliphatic rings. The molecule has 1 saturated heterocycles. The van der Waals surface area contributed by atoms with Gasteiger partial charge >= 0.3 is 0 Å². The van der Waals surface area contributed by atoms with E-state index in [9.17, 15) is 19.1 Å². The minimum atomic E-state index is -0.914. The van der Waals surface area contributed by atoms with Crippen LogP contribution >= 0.6 is 23.2 Å². The summed E-state index contributed by atoms with van der Waals surface area (Å²) in [7, 11) is 0. The van der Waals surface area contributed by atoms with E-state index in [-0.39, 0.29) is 11.3 Å². The largest absolute Gasteiger partial charge is 0.507 e. The fourth-order valence-electron chi connectivity index (χ4n) is 3.42. The number of aliphatic hydroxyl groups excluding tert-OH is 1. The molecular weight excluding hydrogens is 428 g/mol. The van der Waals surface area contributed by atoms with Gasteiger partial charge in [-0.05, 0) is 66.2 Å². The number of nitrogens with zero attached hydrogens (tertiary/aromatic N) is 1. The Balaban J connectivity index is 1.93. The smallest absolute Gasteiger partial charge is 0.300 e. The van der Waals surface area contributed by atoms with Crippen LogP contribution in [0, 0.1) is 5.82 Å². The van der Waals surface area contributed by atoms with E-state index in [1.165, 1.54) is 29.2 Å². The van der Waals surface area contributed by atoms with E-state index in [2.05, 4.69) is 0 Å². The Bertz CT molecular complexity index is 1160. The Morgan fingerprint density at radius 1 is 0.833 bits per heavy atom. The summed E-state index contributed by atoms with van der Waals surface area (Å²) in [6, 6.07) is 17.2. The molecule has 30 heavy (non-hydrogen) atoms. The van der Waals surface area contributed by atoms with Crippen molar-refractivity contribution in [1.82, 2.24) is 0 Å². The predicted octanol–water partition coefficient (Wildman–Crippen LogP) is 5.76. The molecule has 0 saturated carbocycles. The highest BCUT2D eigenvalue weighted by molar-refractivity contribution is 6.51. The van der Waals surface area contributed by atoms with Crippen molar-refractivity contribution >= 4 is 46.3 Å².